The molecule has 4 rings (SSSR count). The number of amides is 2. The topological polar surface area (TPSA) is 114 Å². The van der Waals surface area contributed by atoms with Crippen molar-refractivity contribution in [2.24, 2.45) is 0 Å². The molecule has 2 amide bonds. The van der Waals surface area contributed by atoms with Crippen LogP contribution in [0.3, 0.4) is 0 Å². The first-order valence-electron chi connectivity index (χ1n) is 9.37. The zero-order valence-electron chi connectivity index (χ0n) is 16.0. The summed E-state index contributed by atoms with van der Waals surface area (Å²) in [6.45, 7) is 0. The highest BCUT2D eigenvalue weighted by molar-refractivity contribution is 8.00. The van der Waals surface area contributed by atoms with Gasteiger partial charge in [0.2, 0.25) is 11.8 Å². The molecule has 0 unspecified atom stereocenters. The number of fused-ring (bicyclic) bond motifs is 1. The number of pyridine rings is 1. The van der Waals surface area contributed by atoms with Crippen molar-refractivity contribution in [2.75, 3.05) is 12.0 Å². The van der Waals surface area contributed by atoms with E-state index >= 15 is 0 Å². The Kier molecular flexibility index (Phi) is 5.61. The van der Waals surface area contributed by atoms with E-state index in [9.17, 15) is 24.3 Å². The van der Waals surface area contributed by atoms with Crippen LogP contribution < -0.4 is 4.90 Å². The molecule has 8 nitrogen and oxygen atoms in total. The molecule has 156 valence electrons. The van der Waals surface area contributed by atoms with Crippen LogP contribution >= 0.6 is 23.1 Å². The first-order valence-corrected chi connectivity index (χ1v) is 11.1. The normalized spacial score (nSPS) is 18.4. The van der Waals surface area contributed by atoms with Gasteiger partial charge in [0.15, 0.2) is 0 Å². The molecule has 0 spiro atoms. The Bertz CT molecular complexity index is 1060. The number of carbonyl (C=O) groups excluding carboxylic acids is 3. The summed E-state index contributed by atoms with van der Waals surface area (Å²) in [6, 6.07) is 2.90. The number of aromatic carboxylic acids is 1. The zero-order valence-corrected chi connectivity index (χ0v) is 17.7. The molecule has 1 saturated heterocycles. The number of hydrogen-bond acceptors (Lipinski definition) is 8. The zero-order chi connectivity index (χ0) is 21.4. The Morgan fingerprint density at radius 2 is 2.07 bits per heavy atom. The van der Waals surface area contributed by atoms with E-state index in [0.717, 1.165) is 46.4 Å². The van der Waals surface area contributed by atoms with Crippen LogP contribution in [0, 0.1) is 0 Å². The van der Waals surface area contributed by atoms with E-state index < -0.39 is 29.0 Å². The molecule has 10 heteroatoms. The minimum absolute atomic E-state index is 0.0250. The Hall–Kier alpha value is -2.72. The number of aromatic nitrogens is 1. The maximum Gasteiger partial charge on any atom is 0.341 e. The monoisotopic (exact) mass is 446 g/mol. The van der Waals surface area contributed by atoms with Gasteiger partial charge in [0.05, 0.1) is 23.5 Å². The van der Waals surface area contributed by atoms with E-state index in [-0.39, 0.29) is 17.0 Å². The molecule has 1 N–H and O–H groups in total. The van der Waals surface area contributed by atoms with Gasteiger partial charge in [-0.25, -0.2) is 19.5 Å². The number of rotatable bonds is 5. The third-order valence-electron chi connectivity index (χ3n) is 5.11. The van der Waals surface area contributed by atoms with Gasteiger partial charge in [-0.3, -0.25) is 9.59 Å². The number of hydrogen-bond donors (Lipinski definition) is 1. The van der Waals surface area contributed by atoms with Gasteiger partial charge < -0.3 is 9.84 Å². The lowest BCUT2D eigenvalue weighted by Gasteiger charge is -2.15. The lowest BCUT2D eigenvalue weighted by molar-refractivity contribution is -0.121. The van der Waals surface area contributed by atoms with Gasteiger partial charge in [0.1, 0.15) is 10.0 Å². The first kappa shape index (κ1) is 20.5. The summed E-state index contributed by atoms with van der Waals surface area (Å²) in [5.74, 6) is -2.61. The Labute approximate surface area is 180 Å². The van der Waals surface area contributed by atoms with Gasteiger partial charge in [-0.2, -0.15) is 0 Å². The molecule has 3 heterocycles. The van der Waals surface area contributed by atoms with Crippen molar-refractivity contribution < 1.29 is 29.0 Å². The number of carboxylic acids is 1. The first-order chi connectivity index (χ1) is 14.4. The highest BCUT2D eigenvalue weighted by Gasteiger charge is 2.44. The lowest BCUT2D eigenvalue weighted by atomic mass is 9.95. The average Bonchev–Trinajstić information content (AvgIpc) is 3.24. The van der Waals surface area contributed by atoms with E-state index in [1.165, 1.54) is 36.8 Å². The molecule has 0 bridgehead atoms. The minimum Gasteiger partial charge on any atom is -0.478 e. The van der Waals surface area contributed by atoms with E-state index in [2.05, 4.69) is 4.98 Å². The smallest absolute Gasteiger partial charge is 0.341 e. The average molecular weight is 447 g/mol. The predicted molar refractivity (Wildman–Crippen MR) is 110 cm³/mol. The summed E-state index contributed by atoms with van der Waals surface area (Å²) in [5.41, 5.74) is 1.14. The number of nitrogens with zero attached hydrogens (tertiary/aromatic N) is 2. The number of thioether (sulfide) groups is 1. The van der Waals surface area contributed by atoms with Gasteiger partial charge in [-0.15, -0.1) is 11.3 Å². The molecule has 0 radical (unpaired) electrons. The number of imide groups is 1. The quantitative estimate of drug-likeness (QED) is 0.551. The number of anilines is 1. The van der Waals surface area contributed by atoms with Crippen LogP contribution in [0.4, 0.5) is 5.00 Å². The molecule has 1 atom stereocenters. The summed E-state index contributed by atoms with van der Waals surface area (Å²) >= 11 is 2.25. The highest BCUT2D eigenvalue weighted by atomic mass is 32.2. The summed E-state index contributed by atoms with van der Waals surface area (Å²) < 4.78 is 4.93. The van der Waals surface area contributed by atoms with E-state index in [1.54, 1.807) is 0 Å². The fourth-order valence-corrected chi connectivity index (χ4v) is 6.22. The Morgan fingerprint density at radius 1 is 1.30 bits per heavy atom. The minimum atomic E-state index is -1.15. The highest BCUT2D eigenvalue weighted by Crippen LogP contribution is 2.44. The van der Waals surface area contributed by atoms with Crippen LogP contribution in [0.5, 0.6) is 0 Å². The van der Waals surface area contributed by atoms with Gasteiger partial charge in [-0.1, -0.05) is 11.8 Å². The lowest BCUT2D eigenvalue weighted by Crippen LogP contribution is -2.32. The number of carbonyl (C=O) groups is 4. The molecule has 2 aromatic rings. The molecule has 0 aromatic carbocycles. The van der Waals surface area contributed by atoms with Crippen LogP contribution in [0.2, 0.25) is 0 Å². The Balaban J connectivity index is 1.68. The number of carboxylic acid groups (broad SMARTS) is 1. The number of methoxy groups -OCH3 is 1. The molecule has 2 aromatic heterocycles. The third kappa shape index (κ3) is 3.50. The standard InChI is InChI=1S/C20H18N2O6S2/c1-28-20(27)15-10-5-2-3-7-12(10)30-18(15)22-14(23)9-13(17(22)24)29-16-11(19(25)26)6-4-8-21-16/h4,6,8,13H,2-3,5,7,9H2,1H3,(H,25,26)/t13-/m0/s1. The van der Waals surface area contributed by atoms with Gasteiger partial charge in [-0.05, 0) is 43.4 Å². The molecular formula is C20H18N2O6S2. The maximum absolute atomic E-state index is 13.1. The van der Waals surface area contributed by atoms with Gasteiger partial charge >= 0.3 is 11.9 Å². The van der Waals surface area contributed by atoms with Crippen LogP contribution in [0.1, 0.15) is 50.4 Å². The van der Waals surface area contributed by atoms with Gasteiger partial charge in [0.25, 0.3) is 0 Å². The van der Waals surface area contributed by atoms with Crippen molar-refractivity contribution in [3.63, 3.8) is 0 Å². The van der Waals surface area contributed by atoms with Crippen molar-refractivity contribution in [3.05, 3.63) is 39.9 Å². The van der Waals surface area contributed by atoms with Crippen LogP contribution in [0.15, 0.2) is 23.4 Å². The van der Waals surface area contributed by atoms with Crippen molar-refractivity contribution in [1.29, 1.82) is 0 Å². The van der Waals surface area contributed by atoms with Crippen molar-refractivity contribution >= 4 is 51.9 Å². The number of thiophene rings is 1. The number of esters is 1. The molecule has 1 aliphatic heterocycles. The van der Waals surface area contributed by atoms with E-state index in [1.807, 2.05) is 0 Å². The van der Waals surface area contributed by atoms with Crippen LogP contribution in [-0.2, 0) is 27.2 Å². The SMILES string of the molecule is COC(=O)c1c(N2C(=O)C[C@H](Sc3ncccc3C(=O)O)C2=O)sc2c1CCCC2. The number of aryl methyl sites for hydroxylation is 1. The second-order valence-electron chi connectivity index (χ2n) is 6.92. The summed E-state index contributed by atoms with van der Waals surface area (Å²) in [4.78, 5) is 56.0. The van der Waals surface area contributed by atoms with Crippen molar-refractivity contribution in [3.8, 4) is 0 Å². The summed E-state index contributed by atoms with van der Waals surface area (Å²) in [5, 5.41) is 9.02. The Morgan fingerprint density at radius 3 is 2.80 bits per heavy atom. The van der Waals surface area contributed by atoms with Crippen LogP contribution in [-0.4, -0.2) is 46.2 Å². The van der Waals surface area contributed by atoms with E-state index in [4.69, 9.17) is 4.74 Å². The van der Waals surface area contributed by atoms with Crippen molar-refractivity contribution in [1.82, 2.24) is 4.98 Å². The fourth-order valence-electron chi connectivity index (χ4n) is 3.71. The predicted octanol–water partition coefficient (Wildman–Crippen LogP) is 2.93. The number of ether oxygens (including phenoxy) is 1. The third-order valence-corrected chi connectivity index (χ3v) is 7.58. The largest absolute Gasteiger partial charge is 0.478 e. The van der Waals surface area contributed by atoms with Crippen molar-refractivity contribution in [2.45, 2.75) is 42.4 Å². The second-order valence-corrected chi connectivity index (χ2v) is 9.20. The molecule has 0 saturated carbocycles. The molecule has 1 fully saturated rings. The van der Waals surface area contributed by atoms with Gasteiger partial charge in [0, 0.05) is 17.5 Å². The second kappa shape index (κ2) is 8.19. The fraction of sp³-hybridized carbons (Fsp3) is 0.350. The molecule has 1 aliphatic carbocycles. The van der Waals surface area contributed by atoms with E-state index in [0.29, 0.717) is 17.0 Å². The molecule has 2 aliphatic rings. The molecular weight excluding hydrogens is 428 g/mol. The summed E-state index contributed by atoms with van der Waals surface area (Å²) in [6.07, 6.45) is 4.78. The maximum atomic E-state index is 13.1. The summed E-state index contributed by atoms with van der Waals surface area (Å²) in [7, 11) is 1.28. The van der Waals surface area contributed by atoms with Crippen LogP contribution in [0.25, 0.3) is 0 Å². The molecule has 30 heavy (non-hydrogen) atoms.